The largest absolute Gasteiger partial charge is 0.493 e. The lowest BCUT2D eigenvalue weighted by Gasteiger charge is -2.12. The molecule has 0 saturated carbocycles. The first kappa shape index (κ1) is 21.6. The molecule has 0 amide bonds. The Labute approximate surface area is 188 Å². The van der Waals surface area contributed by atoms with Gasteiger partial charge in [-0.1, -0.05) is 67.6 Å². The molecule has 0 aliphatic carbocycles. The first-order valence-corrected chi connectivity index (χ1v) is 11.1. The number of aromatic nitrogens is 2. The summed E-state index contributed by atoms with van der Waals surface area (Å²) in [6, 6.07) is 23.9. The van der Waals surface area contributed by atoms with Crippen LogP contribution in [0.15, 0.2) is 83.7 Å². The molecule has 0 atom stereocenters. The Morgan fingerprint density at radius 1 is 1.00 bits per heavy atom. The molecule has 0 aliphatic rings. The molecule has 162 valence electrons. The quantitative estimate of drug-likeness (QED) is 0.355. The van der Waals surface area contributed by atoms with Crippen LogP contribution in [0.1, 0.15) is 37.8 Å². The summed E-state index contributed by atoms with van der Waals surface area (Å²) >= 11 is 0. The van der Waals surface area contributed by atoms with Crippen LogP contribution in [0.5, 0.6) is 5.75 Å². The van der Waals surface area contributed by atoms with Crippen LogP contribution in [-0.4, -0.2) is 16.6 Å². The van der Waals surface area contributed by atoms with Crippen molar-refractivity contribution < 1.29 is 4.74 Å². The molecule has 4 nitrogen and oxygen atoms in total. The maximum absolute atomic E-state index is 12.9. The second-order valence-corrected chi connectivity index (χ2v) is 7.87. The number of nitrogens with zero attached hydrogens (tertiary/aromatic N) is 1. The number of nitrogens with one attached hydrogen (secondary N) is 1. The molecule has 1 N–H and O–H groups in total. The number of aryl methyl sites for hydroxylation is 1. The van der Waals surface area contributed by atoms with E-state index in [4.69, 9.17) is 9.72 Å². The van der Waals surface area contributed by atoms with Crippen LogP contribution in [0.3, 0.4) is 0 Å². The van der Waals surface area contributed by atoms with Crippen molar-refractivity contribution in [2.75, 3.05) is 6.61 Å². The molecule has 0 fully saturated rings. The third-order valence-corrected chi connectivity index (χ3v) is 5.49. The third kappa shape index (κ3) is 4.80. The van der Waals surface area contributed by atoms with Gasteiger partial charge in [0.25, 0.3) is 5.56 Å². The maximum atomic E-state index is 12.9. The van der Waals surface area contributed by atoms with E-state index in [0.29, 0.717) is 23.3 Å². The number of para-hydroxylation sites is 2. The normalized spacial score (nSPS) is 11.6. The van der Waals surface area contributed by atoms with Gasteiger partial charge in [0, 0.05) is 5.56 Å². The molecular weight excluding hydrogens is 396 g/mol. The molecule has 4 aromatic rings. The number of ether oxygens (including phenoxy) is 1. The Hall–Kier alpha value is -3.66. The predicted molar refractivity (Wildman–Crippen MR) is 132 cm³/mol. The molecule has 0 unspecified atom stereocenters. The average molecular weight is 425 g/mol. The van der Waals surface area contributed by atoms with Gasteiger partial charge in [0.2, 0.25) is 0 Å². The Morgan fingerprint density at radius 2 is 1.78 bits per heavy atom. The highest BCUT2D eigenvalue weighted by Crippen LogP contribution is 2.29. The first-order valence-electron chi connectivity index (χ1n) is 11.1. The minimum absolute atomic E-state index is 0.144. The maximum Gasteiger partial charge on any atom is 0.259 e. The fourth-order valence-electron chi connectivity index (χ4n) is 3.82. The second-order valence-electron chi connectivity index (χ2n) is 7.87. The van der Waals surface area contributed by atoms with E-state index in [0.717, 1.165) is 41.7 Å². The van der Waals surface area contributed by atoms with Gasteiger partial charge in [-0.3, -0.25) is 4.79 Å². The van der Waals surface area contributed by atoms with E-state index in [1.54, 1.807) is 0 Å². The summed E-state index contributed by atoms with van der Waals surface area (Å²) < 4.78 is 5.89. The van der Waals surface area contributed by atoms with Crippen LogP contribution in [0, 0.1) is 0 Å². The van der Waals surface area contributed by atoms with Crippen molar-refractivity contribution in [2.24, 2.45) is 0 Å². The number of benzene rings is 3. The zero-order valence-corrected chi connectivity index (χ0v) is 18.6. The number of hydrogen-bond donors (Lipinski definition) is 1. The van der Waals surface area contributed by atoms with E-state index in [2.05, 4.69) is 49.2 Å². The summed E-state index contributed by atoms with van der Waals surface area (Å²) in [5, 5.41) is 0.592. The topological polar surface area (TPSA) is 55.0 Å². The summed E-state index contributed by atoms with van der Waals surface area (Å²) in [4.78, 5) is 20.8. The standard InChI is InChI=1S/C28H28N2O2/c1-3-19-32-25-18-8-7-15-23(25)27-29-26-22(16-10-17-24(26)28(31)30-27)20(2)11-9-14-21-12-5-4-6-13-21/h4-8,10-13,15-18H,3,9,14,19H2,1-2H3,(H,29,30,31). The van der Waals surface area contributed by atoms with Crippen molar-refractivity contribution in [2.45, 2.75) is 33.1 Å². The van der Waals surface area contributed by atoms with Gasteiger partial charge in [-0.25, -0.2) is 4.98 Å². The zero-order valence-electron chi connectivity index (χ0n) is 18.6. The van der Waals surface area contributed by atoms with Crippen LogP contribution >= 0.6 is 0 Å². The van der Waals surface area contributed by atoms with Crippen LogP contribution < -0.4 is 10.3 Å². The summed E-state index contributed by atoms with van der Waals surface area (Å²) in [6.45, 7) is 4.77. The molecule has 0 radical (unpaired) electrons. The van der Waals surface area contributed by atoms with Gasteiger partial charge in [-0.2, -0.15) is 0 Å². The molecule has 1 heterocycles. The molecule has 4 heteroatoms. The number of allylic oxidation sites excluding steroid dienone is 2. The van der Waals surface area contributed by atoms with Crippen molar-refractivity contribution in [1.29, 1.82) is 0 Å². The van der Waals surface area contributed by atoms with Gasteiger partial charge in [-0.05, 0) is 55.5 Å². The average Bonchev–Trinajstić information content (AvgIpc) is 2.83. The smallest absolute Gasteiger partial charge is 0.259 e. The van der Waals surface area contributed by atoms with E-state index in [9.17, 15) is 4.79 Å². The van der Waals surface area contributed by atoms with Crippen LogP contribution in [0.2, 0.25) is 0 Å². The summed E-state index contributed by atoms with van der Waals surface area (Å²) in [5.74, 6) is 1.25. The van der Waals surface area contributed by atoms with Gasteiger partial charge in [0.1, 0.15) is 11.6 Å². The molecular formula is C28H28N2O2. The highest BCUT2D eigenvalue weighted by Gasteiger charge is 2.13. The lowest BCUT2D eigenvalue weighted by atomic mass is 10.0. The van der Waals surface area contributed by atoms with Crippen LogP contribution in [-0.2, 0) is 6.42 Å². The SMILES string of the molecule is CCCOc1ccccc1-c1nc2c(C(C)=CCCc3ccccc3)cccc2c(=O)[nH]1. The lowest BCUT2D eigenvalue weighted by Crippen LogP contribution is -2.11. The van der Waals surface area contributed by atoms with Gasteiger partial charge in [-0.15, -0.1) is 0 Å². The number of aromatic amines is 1. The zero-order chi connectivity index (χ0) is 22.3. The number of rotatable bonds is 8. The number of H-pyrrole nitrogens is 1. The van der Waals surface area contributed by atoms with Crippen LogP contribution in [0.4, 0.5) is 0 Å². The summed E-state index contributed by atoms with van der Waals surface area (Å²) in [7, 11) is 0. The van der Waals surface area contributed by atoms with E-state index < -0.39 is 0 Å². The van der Waals surface area contributed by atoms with Gasteiger partial charge < -0.3 is 9.72 Å². The monoisotopic (exact) mass is 424 g/mol. The summed E-state index contributed by atoms with van der Waals surface area (Å²) in [6.07, 6.45) is 5.04. The Kier molecular flexibility index (Phi) is 6.81. The molecule has 1 aromatic heterocycles. The molecule has 0 bridgehead atoms. The lowest BCUT2D eigenvalue weighted by molar-refractivity contribution is 0.318. The van der Waals surface area contributed by atoms with Crippen molar-refractivity contribution in [1.82, 2.24) is 9.97 Å². The Bertz CT molecular complexity index is 1290. The summed E-state index contributed by atoms with van der Waals surface area (Å²) in [5.41, 5.74) is 4.77. The molecule has 4 rings (SSSR count). The minimum atomic E-state index is -0.144. The highest BCUT2D eigenvalue weighted by atomic mass is 16.5. The fourth-order valence-corrected chi connectivity index (χ4v) is 3.82. The highest BCUT2D eigenvalue weighted by molar-refractivity contribution is 5.91. The molecule has 32 heavy (non-hydrogen) atoms. The predicted octanol–water partition coefficient (Wildman–Crippen LogP) is 6.42. The van der Waals surface area contributed by atoms with E-state index in [1.165, 1.54) is 5.56 Å². The third-order valence-electron chi connectivity index (χ3n) is 5.49. The first-order chi connectivity index (χ1) is 15.7. The van der Waals surface area contributed by atoms with Crippen molar-refractivity contribution in [3.63, 3.8) is 0 Å². The Balaban J connectivity index is 1.72. The fraction of sp³-hybridized carbons (Fsp3) is 0.214. The van der Waals surface area contributed by atoms with Crippen molar-refractivity contribution >= 4 is 16.5 Å². The van der Waals surface area contributed by atoms with Crippen molar-refractivity contribution in [3.8, 4) is 17.1 Å². The van der Waals surface area contributed by atoms with E-state index in [1.807, 2.05) is 48.5 Å². The molecule has 0 spiro atoms. The number of hydrogen-bond acceptors (Lipinski definition) is 3. The van der Waals surface area contributed by atoms with Gasteiger partial charge >= 0.3 is 0 Å². The number of fused-ring (bicyclic) bond motifs is 1. The van der Waals surface area contributed by atoms with Gasteiger partial charge in [0.15, 0.2) is 0 Å². The van der Waals surface area contributed by atoms with Gasteiger partial charge in [0.05, 0.1) is 23.1 Å². The molecule has 0 saturated heterocycles. The van der Waals surface area contributed by atoms with Crippen molar-refractivity contribution in [3.05, 3.63) is 100 Å². The van der Waals surface area contributed by atoms with E-state index >= 15 is 0 Å². The second kappa shape index (κ2) is 10.1. The Morgan fingerprint density at radius 3 is 2.59 bits per heavy atom. The molecule has 0 aliphatic heterocycles. The minimum Gasteiger partial charge on any atom is -0.493 e. The van der Waals surface area contributed by atoms with E-state index in [-0.39, 0.29) is 5.56 Å². The van der Waals surface area contributed by atoms with Crippen LogP contribution in [0.25, 0.3) is 27.9 Å². The molecule has 3 aromatic carbocycles.